The Morgan fingerprint density at radius 3 is 2.66 bits per heavy atom. The first kappa shape index (κ1) is 22.0. The molecule has 3 aromatic carbocycles. The molecule has 0 aliphatic carbocycles. The number of hydrogen-bond donors (Lipinski definition) is 1. The minimum atomic E-state index is -0.584. The smallest absolute Gasteiger partial charge is 0.266 e. The maximum absolute atomic E-state index is 13.7. The van der Waals surface area contributed by atoms with Crippen LogP contribution in [0.4, 0.5) is 10.1 Å². The van der Waals surface area contributed by atoms with Crippen LogP contribution in [0, 0.1) is 19.7 Å². The largest absolute Gasteiger partial charge is 0.325 e. The van der Waals surface area contributed by atoms with E-state index in [1.54, 1.807) is 24.3 Å². The van der Waals surface area contributed by atoms with Gasteiger partial charge in [-0.2, -0.15) is 0 Å². The molecule has 1 N–H and O–H groups in total. The van der Waals surface area contributed by atoms with E-state index < -0.39 is 5.82 Å². The molecule has 4 aromatic rings. The third-order valence-corrected chi connectivity index (χ3v) is 6.12. The van der Waals surface area contributed by atoms with Gasteiger partial charge in [0.2, 0.25) is 5.91 Å². The number of rotatable bonds is 5. The van der Waals surface area contributed by atoms with Crippen molar-refractivity contribution in [3.05, 3.63) is 93.0 Å². The lowest BCUT2D eigenvalue weighted by Gasteiger charge is -2.14. The molecule has 1 heterocycles. The molecule has 0 radical (unpaired) electrons. The number of aryl methyl sites for hydroxylation is 2. The van der Waals surface area contributed by atoms with E-state index in [2.05, 4.69) is 10.3 Å². The average molecular weight is 468 g/mol. The quantitative estimate of drug-likeness (QED) is 0.310. The number of carbonyl (C=O) groups is 1. The molecule has 0 saturated carbocycles. The number of fused-ring (bicyclic) bond motifs is 1. The third-order valence-electron chi connectivity index (χ3n) is 4.89. The zero-order valence-electron chi connectivity index (χ0n) is 17.4. The number of aromatic nitrogens is 2. The Morgan fingerprint density at radius 1 is 1.12 bits per heavy atom. The van der Waals surface area contributed by atoms with Crippen molar-refractivity contribution in [2.75, 3.05) is 11.1 Å². The molecular weight excluding hydrogens is 449 g/mol. The molecule has 1 aromatic heterocycles. The highest BCUT2D eigenvalue weighted by Crippen LogP contribution is 2.25. The standard InChI is InChI=1S/C24H19ClFN3O2S/c1-14-7-10-20(15(2)11-14)27-22(30)13-32-24-28-21-6-4-3-5-17(21)23(31)29(24)16-8-9-19(26)18(25)12-16/h3-12H,13H2,1-2H3,(H,27,30). The van der Waals surface area contributed by atoms with Crippen molar-refractivity contribution in [2.45, 2.75) is 19.0 Å². The van der Waals surface area contributed by atoms with E-state index in [1.165, 1.54) is 22.8 Å². The van der Waals surface area contributed by atoms with Crippen molar-refractivity contribution in [2.24, 2.45) is 0 Å². The van der Waals surface area contributed by atoms with Crippen LogP contribution in [-0.2, 0) is 4.79 Å². The number of anilines is 1. The maximum Gasteiger partial charge on any atom is 0.266 e. The van der Waals surface area contributed by atoms with Crippen molar-refractivity contribution in [1.29, 1.82) is 0 Å². The molecule has 4 rings (SSSR count). The fourth-order valence-electron chi connectivity index (χ4n) is 3.33. The summed E-state index contributed by atoms with van der Waals surface area (Å²) in [5.41, 5.74) is 3.37. The molecule has 0 saturated heterocycles. The molecule has 0 spiro atoms. The van der Waals surface area contributed by atoms with Crippen molar-refractivity contribution in [1.82, 2.24) is 9.55 Å². The first-order valence-electron chi connectivity index (χ1n) is 9.80. The summed E-state index contributed by atoms with van der Waals surface area (Å²) in [5, 5.41) is 3.51. The van der Waals surface area contributed by atoms with Crippen LogP contribution in [0.2, 0.25) is 5.02 Å². The van der Waals surface area contributed by atoms with Crippen LogP contribution in [-0.4, -0.2) is 21.2 Å². The summed E-state index contributed by atoms with van der Waals surface area (Å²) in [6, 6.07) is 16.7. The third kappa shape index (κ3) is 4.54. The molecule has 162 valence electrons. The molecule has 0 aliphatic rings. The lowest BCUT2D eigenvalue weighted by molar-refractivity contribution is -0.113. The molecule has 1 amide bonds. The number of hydrogen-bond acceptors (Lipinski definition) is 4. The second kappa shape index (κ2) is 9.14. The van der Waals surface area contributed by atoms with Gasteiger partial charge in [-0.1, -0.05) is 53.2 Å². The number of carbonyl (C=O) groups excluding carboxylic acids is 1. The van der Waals surface area contributed by atoms with Gasteiger partial charge in [0, 0.05) is 5.69 Å². The Kier molecular flexibility index (Phi) is 6.30. The molecule has 0 atom stereocenters. The predicted octanol–water partition coefficient (Wildman–Crippen LogP) is 5.53. The number of nitrogens with zero attached hydrogens (tertiary/aromatic N) is 2. The van der Waals surface area contributed by atoms with E-state index in [0.29, 0.717) is 21.7 Å². The van der Waals surface area contributed by atoms with Crippen LogP contribution in [0.25, 0.3) is 16.6 Å². The van der Waals surface area contributed by atoms with Gasteiger partial charge in [-0.15, -0.1) is 0 Å². The molecule has 32 heavy (non-hydrogen) atoms. The SMILES string of the molecule is Cc1ccc(NC(=O)CSc2nc3ccccc3c(=O)n2-c2ccc(F)c(Cl)c2)c(C)c1. The van der Waals surface area contributed by atoms with Crippen molar-refractivity contribution < 1.29 is 9.18 Å². The predicted molar refractivity (Wildman–Crippen MR) is 128 cm³/mol. The summed E-state index contributed by atoms with van der Waals surface area (Å²) < 4.78 is 15.0. The zero-order valence-corrected chi connectivity index (χ0v) is 18.9. The number of para-hydroxylation sites is 1. The Morgan fingerprint density at radius 2 is 1.91 bits per heavy atom. The summed E-state index contributed by atoms with van der Waals surface area (Å²) in [4.78, 5) is 30.4. The van der Waals surface area contributed by atoms with Gasteiger partial charge in [0.25, 0.3) is 5.56 Å². The molecule has 0 unspecified atom stereocenters. The number of amides is 1. The van der Waals surface area contributed by atoms with Gasteiger partial charge in [0.15, 0.2) is 5.16 Å². The van der Waals surface area contributed by atoms with Gasteiger partial charge in [-0.25, -0.2) is 9.37 Å². The Labute approximate surface area is 193 Å². The van der Waals surface area contributed by atoms with Crippen molar-refractivity contribution in [3.63, 3.8) is 0 Å². The lowest BCUT2D eigenvalue weighted by atomic mass is 10.1. The highest BCUT2D eigenvalue weighted by Gasteiger charge is 2.16. The van der Waals surface area contributed by atoms with E-state index in [0.717, 1.165) is 28.6 Å². The second-order valence-electron chi connectivity index (χ2n) is 7.31. The summed E-state index contributed by atoms with van der Waals surface area (Å²) >= 11 is 7.07. The summed E-state index contributed by atoms with van der Waals surface area (Å²) in [6.45, 7) is 3.91. The molecule has 0 aliphatic heterocycles. The van der Waals surface area contributed by atoms with E-state index in [1.807, 2.05) is 32.0 Å². The molecule has 8 heteroatoms. The first-order valence-corrected chi connectivity index (χ1v) is 11.2. The topological polar surface area (TPSA) is 64.0 Å². The van der Waals surface area contributed by atoms with Crippen molar-refractivity contribution in [3.8, 4) is 5.69 Å². The monoisotopic (exact) mass is 467 g/mol. The van der Waals surface area contributed by atoms with Crippen LogP contribution >= 0.6 is 23.4 Å². The van der Waals surface area contributed by atoms with E-state index in [-0.39, 0.29) is 22.2 Å². The van der Waals surface area contributed by atoms with Crippen LogP contribution in [0.15, 0.2) is 70.6 Å². The maximum atomic E-state index is 13.7. The van der Waals surface area contributed by atoms with E-state index in [9.17, 15) is 14.0 Å². The van der Waals surface area contributed by atoms with Gasteiger partial charge < -0.3 is 5.32 Å². The van der Waals surface area contributed by atoms with Crippen LogP contribution in [0.5, 0.6) is 0 Å². The van der Waals surface area contributed by atoms with Gasteiger partial charge in [0.05, 0.1) is 27.4 Å². The Hall–Kier alpha value is -3.16. The zero-order chi connectivity index (χ0) is 22.8. The first-order chi connectivity index (χ1) is 15.3. The molecule has 0 bridgehead atoms. The van der Waals surface area contributed by atoms with Crippen LogP contribution in [0.1, 0.15) is 11.1 Å². The normalized spacial score (nSPS) is 11.0. The van der Waals surface area contributed by atoms with E-state index >= 15 is 0 Å². The van der Waals surface area contributed by atoms with Gasteiger partial charge in [-0.3, -0.25) is 14.2 Å². The summed E-state index contributed by atoms with van der Waals surface area (Å²) in [6.07, 6.45) is 0. The number of benzene rings is 3. The van der Waals surface area contributed by atoms with Gasteiger partial charge in [-0.05, 0) is 55.8 Å². The van der Waals surface area contributed by atoms with Crippen LogP contribution in [0.3, 0.4) is 0 Å². The minimum absolute atomic E-state index is 0.0347. The van der Waals surface area contributed by atoms with Crippen molar-refractivity contribution >= 4 is 45.9 Å². The van der Waals surface area contributed by atoms with E-state index in [4.69, 9.17) is 11.6 Å². The molecule has 5 nitrogen and oxygen atoms in total. The summed E-state index contributed by atoms with van der Waals surface area (Å²) in [7, 11) is 0. The highest BCUT2D eigenvalue weighted by molar-refractivity contribution is 7.99. The second-order valence-corrected chi connectivity index (χ2v) is 8.66. The number of nitrogens with one attached hydrogen (secondary N) is 1. The average Bonchev–Trinajstić information content (AvgIpc) is 2.76. The van der Waals surface area contributed by atoms with Gasteiger partial charge in [0.1, 0.15) is 5.82 Å². The Balaban J connectivity index is 1.68. The van der Waals surface area contributed by atoms with Gasteiger partial charge >= 0.3 is 0 Å². The fraction of sp³-hybridized carbons (Fsp3) is 0.125. The highest BCUT2D eigenvalue weighted by atomic mass is 35.5. The lowest BCUT2D eigenvalue weighted by Crippen LogP contribution is -2.23. The number of halogens is 2. The molecular formula is C24H19ClFN3O2S. The minimum Gasteiger partial charge on any atom is -0.325 e. The van der Waals surface area contributed by atoms with Crippen LogP contribution < -0.4 is 10.9 Å². The summed E-state index contributed by atoms with van der Waals surface area (Å²) in [5.74, 6) is -0.778. The molecule has 0 fully saturated rings. The fourth-order valence-corrected chi connectivity index (χ4v) is 4.32. The Bertz CT molecular complexity index is 1400. The number of thioether (sulfide) groups is 1.